The number of imide groups is 1. The molecule has 27 heavy (non-hydrogen) atoms. The summed E-state index contributed by atoms with van der Waals surface area (Å²) in [6.07, 6.45) is 1.67. The Morgan fingerprint density at radius 3 is 2.52 bits per heavy atom. The highest BCUT2D eigenvalue weighted by atomic mass is 16.2. The number of anilines is 1. The van der Waals surface area contributed by atoms with Crippen LogP contribution in [0.4, 0.5) is 15.3 Å². The number of urea groups is 2. The molecule has 0 saturated heterocycles. The molecule has 0 bridgehead atoms. The fourth-order valence-electron chi connectivity index (χ4n) is 2.85. The number of hydrogen-bond donors (Lipinski definition) is 3. The van der Waals surface area contributed by atoms with Gasteiger partial charge in [0.05, 0.1) is 11.2 Å². The Kier molecular flexibility index (Phi) is 5.99. The van der Waals surface area contributed by atoms with Crippen LogP contribution in [0.25, 0.3) is 10.9 Å². The molecule has 0 radical (unpaired) electrons. The predicted octanol–water partition coefficient (Wildman–Crippen LogP) is 4.01. The average molecular weight is 362 g/mol. The number of carbonyl (C=O) groups excluding carboxylic acids is 2. The highest BCUT2D eigenvalue weighted by Crippen LogP contribution is 2.22. The number of nitrogens with one attached hydrogen (secondary N) is 3. The van der Waals surface area contributed by atoms with Gasteiger partial charge in [-0.15, -0.1) is 0 Å². The molecule has 0 spiro atoms. The first-order chi connectivity index (χ1) is 13.1. The lowest BCUT2D eigenvalue weighted by Gasteiger charge is -2.11. The van der Waals surface area contributed by atoms with E-state index in [0.29, 0.717) is 12.2 Å². The molecular formula is C21H22N4O2. The van der Waals surface area contributed by atoms with Crippen molar-refractivity contribution in [2.75, 3.05) is 11.9 Å². The van der Waals surface area contributed by atoms with Crippen molar-refractivity contribution in [2.24, 2.45) is 0 Å². The minimum absolute atomic E-state index is 0.491. The predicted molar refractivity (Wildman–Crippen MR) is 107 cm³/mol. The van der Waals surface area contributed by atoms with Gasteiger partial charge in [-0.3, -0.25) is 10.3 Å². The number of amides is 4. The van der Waals surface area contributed by atoms with Crippen molar-refractivity contribution in [3.05, 3.63) is 71.9 Å². The van der Waals surface area contributed by atoms with E-state index < -0.39 is 12.1 Å². The van der Waals surface area contributed by atoms with Crippen molar-refractivity contribution in [1.29, 1.82) is 0 Å². The molecule has 6 heteroatoms. The van der Waals surface area contributed by atoms with E-state index in [4.69, 9.17) is 0 Å². The quantitative estimate of drug-likeness (QED) is 0.600. The Bertz CT molecular complexity index is 941. The molecule has 0 aliphatic rings. The molecule has 6 nitrogen and oxygen atoms in total. The topological polar surface area (TPSA) is 83.1 Å². The van der Waals surface area contributed by atoms with Gasteiger partial charge in [0.1, 0.15) is 0 Å². The van der Waals surface area contributed by atoms with Gasteiger partial charge in [-0.05, 0) is 37.5 Å². The Morgan fingerprint density at radius 2 is 1.70 bits per heavy atom. The second-order valence-corrected chi connectivity index (χ2v) is 6.25. The Morgan fingerprint density at radius 1 is 0.963 bits per heavy atom. The van der Waals surface area contributed by atoms with Gasteiger partial charge in [-0.25, -0.2) is 9.59 Å². The third-order valence-corrected chi connectivity index (χ3v) is 4.09. The molecule has 0 saturated carbocycles. The molecule has 1 heterocycles. The third-order valence-electron chi connectivity index (χ3n) is 4.09. The number of para-hydroxylation sites is 1. The summed E-state index contributed by atoms with van der Waals surface area (Å²) >= 11 is 0. The summed E-state index contributed by atoms with van der Waals surface area (Å²) in [5, 5.41) is 8.53. The molecule has 3 N–H and O–H groups in total. The van der Waals surface area contributed by atoms with E-state index in [2.05, 4.69) is 33.1 Å². The molecular weight excluding hydrogens is 340 g/mol. The van der Waals surface area contributed by atoms with Crippen molar-refractivity contribution in [3.8, 4) is 0 Å². The monoisotopic (exact) mass is 362 g/mol. The van der Waals surface area contributed by atoms with Gasteiger partial charge in [-0.2, -0.15) is 0 Å². The largest absolute Gasteiger partial charge is 0.338 e. The van der Waals surface area contributed by atoms with Gasteiger partial charge in [0.25, 0.3) is 0 Å². The van der Waals surface area contributed by atoms with Gasteiger partial charge >= 0.3 is 12.1 Å². The van der Waals surface area contributed by atoms with Crippen molar-refractivity contribution in [2.45, 2.75) is 19.8 Å². The fourth-order valence-corrected chi connectivity index (χ4v) is 2.85. The average Bonchev–Trinajstić information content (AvgIpc) is 2.66. The maximum atomic E-state index is 12.1. The summed E-state index contributed by atoms with van der Waals surface area (Å²) in [6, 6.07) is 18.3. The van der Waals surface area contributed by atoms with Crippen LogP contribution in [0.5, 0.6) is 0 Å². The van der Waals surface area contributed by atoms with Gasteiger partial charge in [0.2, 0.25) is 0 Å². The first-order valence-electron chi connectivity index (χ1n) is 8.88. The second-order valence-electron chi connectivity index (χ2n) is 6.25. The first-order valence-corrected chi connectivity index (χ1v) is 8.88. The smallest absolute Gasteiger partial charge is 0.327 e. The molecule has 0 fully saturated rings. The number of aromatic nitrogens is 1. The molecule has 0 aliphatic carbocycles. The number of aryl methyl sites for hydroxylation is 2. The number of rotatable bonds is 5. The second kappa shape index (κ2) is 8.80. The molecule has 1 aromatic heterocycles. The molecule has 0 atom stereocenters. The van der Waals surface area contributed by atoms with Gasteiger partial charge in [-0.1, -0.05) is 48.5 Å². The lowest BCUT2D eigenvalue weighted by atomic mass is 10.1. The van der Waals surface area contributed by atoms with Crippen LogP contribution in [0.3, 0.4) is 0 Å². The van der Waals surface area contributed by atoms with Crippen LogP contribution in [0, 0.1) is 6.92 Å². The Hall–Kier alpha value is -3.41. The summed E-state index contributed by atoms with van der Waals surface area (Å²) in [5.41, 5.74) is 3.41. The molecule has 0 unspecified atom stereocenters. The fraction of sp³-hybridized carbons (Fsp3) is 0.190. The highest BCUT2D eigenvalue weighted by Gasteiger charge is 2.10. The summed E-state index contributed by atoms with van der Waals surface area (Å²) in [4.78, 5) is 28.4. The number of benzene rings is 2. The third kappa shape index (κ3) is 5.28. The zero-order valence-electron chi connectivity index (χ0n) is 15.2. The van der Waals surface area contributed by atoms with Gasteiger partial charge < -0.3 is 10.6 Å². The van der Waals surface area contributed by atoms with E-state index >= 15 is 0 Å². The van der Waals surface area contributed by atoms with E-state index in [1.54, 1.807) is 6.07 Å². The molecule has 0 aliphatic heterocycles. The molecule has 3 rings (SSSR count). The maximum Gasteiger partial charge on any atom is 0.327 e. The summed E-state index contributed by atoms with van der Waals surface area (Å²) in [7, 11) is 0. The van der Waals surface area contributed by atoms with Gasteiger partial charge in [0, 0.05) is 17.6 Å². The lowest BCUT2D eigenvalue weighted by Crippen LogP contribution is -2.42. The number of hydrogen-bond acceptors (Lipinski definition) is 3. The highest BCUT2D eigenvalue weighted by molar-refractivity contribution is 6.05. The van der Waals surface area contributed by atoms with Crippen LogP contribution in [-0.2, 0) is 6.42 Å². The Balaban J connectivity index is 1.48. The molecule has 3 aromatic rings. The summed E-state index contributed by atoms with van der Waals surface area (Å²) in [5.74, 6) is 0. The molecule has 138 valence electrons. The maximum absolute atomic E-state index is 12.1. The van der Waals surface area contributed by atoms with Crippen LogP contribution in [0.1, 0.15) is 17.7 Å². The summed E-state index contributed by atoms with van der Waals surface area (Å²) in [6.45, 7) is 2.35. The first kappa shape index (κ1) is 18.4. The molecule has 4 amide bonds. The van der Waals surface area contributed by atoms with Crippen LogP contribution < -0.4 is 16.0 Å². The van der Waals surface area contributed by atoms with Crippen LogP contribution in [0.2, 0.25) is 0 Å². The van der Waals surface area contributed by atoms with Crippen LogP contribution in [-0.4, -0.2) is 23.6 Å². The minimum atomic E-state index is -0.577. The SMILES string of the molecule is Cc1cc(NC(=O)NC(=O)NCCCc2ccccc2)c2ccccc2n1. The number of carbonyl (C=O) groups is 2. The zero-order valence-corrected chi connectivity index (χ0v) is 15.2. The van der Waals surface area contributed by atoms with Gasteiger partial charge in [0.15, 0.2) is 0 Å². The standard InChI is InChI=1S/C21H22N4O2/c1-15-14-19(17-11-5-6-12-18(17)23-15)24-21(27)25-20(26)22-13-7-10-16-8-3-2-4-9-16/h2-6,8-9,11-12,14H,7,10,13H2,1H3,(H3,22,23,24,25,26,27). The summed E-state index contributed by atoms with van der Waals surface area (Å²) < 4.78 is 0. The van der Waals surface area contributed by atoms with Crippen LogP contribution >= 0.6 is 0 Å². The van der Waals surface area contributed by atoms with E-state index in [0.717, 1.165) is 29.4 Å². The number of pyridine rings is 1. The normalized spacial score (nSPS) is 10.4. The lowest BCUT2D eigenvalue weighted by molar-refractivity contribution is 0.233. The van der Waals surface area contributed by atoms with E-state index in [1.165, 1.54) is 5.56 Å². The van der Waals surface area contributed by atoms with Crippen molar-refractivity contribution in [3.63, 3.8) is 0 Å². The van der Waals surface area contributed by atoms with Crippen molar-refractivity contribution in [1.82, 2.24) is 15.6 Å². The number of fused-ring (bicyclic) bond motifs is 1. The molecule has 2 aromatic carbocycles. The minimum Gasteiger partial charge on any atom is -0.338 e. The van der Waals surface area contributed by atoms with E-state index in [9.17, 15) is 9.59 Å². The van der Waals surface area contributed by atoms with Crippen LogP contribution in [0.15, 0.2) is 60.7 Å². The van der Waals surface area contributed by atoms with E-state index in [-0.39, 0.29) is 0 Å². The van der Waals surface area contributed by atoms with Crippen molar-refractivity contribution < 1.29 is 9.59 Å². The Labute approximate surface area is 158 Å². The van der Waals surface area contributed by atoms with Crippen molar-refractivity contribution >= 4 is 28.7 Å². The van der Waals surface area contributed by atoms with E-state index in [1.807, 2.05) is 49.4 Å². The number of nitrogens with zero attached hydrogens (tertiary/aromatic N) is 1. The zero-order chi connectivity index (χ0) is 19.1.